The van der Waals surface area contributed by atoms with Crippen molar-refractivity contribution in [3.63, 3.8) is 0 Å². The summed E-state index contributed by atoms with van der Waals surface area (Å²) < 4.78 is 24.3. The van der Waals surface area contributed by atoms with Crippen LogP contribution in [0.15, 0.2) is 0 Å². The van der Waals surface area contributed by atoms with Gasteiger partial charge in [-0.2, -0.15) is 0 Å². The Kier molecular flexibility index (Phi) is 3.66. The van der Waals surface area contributed by atoms with E-state index in [-0.39, 0.29) is 12.6 Å². The van der Waals surface area contributed by atoms with Gasteiger partial charge in [0.15, 0.2) is 9.84 Å². The number of carbonyl (C=O) groups is 1. The van der Waals surface area contributed by atoms with Crippen LogP contribution in [-0.4, -0.2) is 55.2 Å². The topological polar surface area (TPSA) is 95.5 Å². The quantitative estimate of drug-likeness (QED) is 0.599. The van der Waals surface area contributed by atoms with Crippen LogP contribution in [0.5, 0.6) is 0 Å². The SMILES string of the molecule is CC1(O)CCNCC1S(=O)(=O)CC(=O)NC1CC1. The molecule has 1 heterocycles. The van der Waals surface area contributed by atoms with E-state index in [0.29, 0.717) is 13.0 Å². The maximum atomic E-state index is 12.2. The number of amides is 1. The van der Waals surface area contributed by atoms with Gasteiger partial charge in [-0.15, -0.1) is 0 Å². The van der Waals surface area contributed by atoms with Crippen molar-refractivity contribution in [1.29, 1.82) is 0 Å². The highest BCUT2D eigenvalue weighted by molar-refractivity contribution is 7.92. The average Bonchev–Trinajstić information content (AvgIpc) is 2.99. The number of hydrogen-bond acceptors (Lipinski definition) is 5. The van der Waals surface area contributed by atoms with Crippen molar-refractivity contribution >= 4 is 15.7 Å². The van der Waals surface area contributed by atoms with Crippen molar-refractivity contribution in [2.24, 2.45) is 0 Å². The molecule has 0 radical (unpaired) electrons. The minimum atomic E-state index is -3.63. The van der Waals surface area contributed by atoms with Crippen LogP contribution in [0.2, 0.25) is 0 Å². The van der Waals surface area contributed by atoms with Crippen molar-refractivity contribution in [3.8, 4) is 0 Å². The largest absolute Gasteiger partial charge is 0.389 e. The minimum absolute atomic E-state index is 0.151. The predicted molar refractivity (Wildman–Crippen MR) is 66.9 cm³/mol. The fourth-order valence-electron chi connectivity index (χ4n) is 2.25. The van der Waals surface area contributed by atoms with E-state index < -0.39 is 32.3 Å². The van der Waals surface area contributed by atoms with Crippen LogP contribution in [0.3, 0.4) is 0 Å². The molecular formula is C11H20N2O4S. The van der Waals surface area contributed by atoms with Crippen LogP contribution in [0.4, 0.5) is 0 Å². The van der Waals surface area contributed by atoms with Crippen LogP contribution in [0.25, 0.3) is 0 Å². The molecule has 2 fully saturated rings. The van der Waals surface area contributed by atoms with E-state index in [1.54, 1.807) is 0 Å². The van der Waals surface area contributed by atoms with Crippen LogP contribution in [-0.2, 0) is 14.6 Å². The zero-order valence-corrected chi connectivity index (χ0v) is 11.3. The van der Waals surface area contributed by atoms with Gasteiger partial charge in [-0.1, -0.05) is 0 Å². The summed E-state index contributed by atoms with van der Waals surface area (Å²) in [6, 6.07) is 0.151. The molecule has 0 spiro atoms. The standard InChI is InChI=1S/C11H20N2O4S/c1-11(15)4-5-12-6-9(11)18(16,17)7-10(14)13-8-2-3-8/h8-9,12,15H,2-7H2,1H3,(H,13,14). The third-order valence-electron chi connectivity index (χ3n) is 3.54. The molecule has 1 amide bonds. The Hall–Kier alpha value is -0.660. The smallest absolute Gasteiger partial charge is 0.235 e. The fourth-order valence-corrected chi connectivity index (χ4v) is 4.16. The van der Waals surface area contributed by atoms with Crippen molar-refractivity contribution < 1.29 is 18.3 Å². The molecule has 104 valence electrons. The molecule has 3 N–H and O–H groups in total. The van der Waals surface area contributed by atoms with Gasteiger partial charge >= 0.3 is 0 Å². The number of carbonyl (C=O) groups excluding carboxylic acids is 1. The summed E-state index contributed by atoms with van der Waals surface area (Å²) in [5.41, 5.74) is -1.26. The molecule has 1 saturated carbocycles. The highest BCUT2D eigenvalue weighted by Crippen LogP contribution is 2.25. The number of hydrogen-bond donors (Lipinski definition) is 3. The van der Waals surface area contributed by atoms with Crippen molar-refractivity contribution in [2.45, 2.75) is 43.1 Å². The maximum absolute atomic E-state index is 12.2. The van der Waals surface area contributed by atoms with Gasteiger partial charge in [0.2, 0.25) is 5.91 Å². The molecule has 1 aliphatic carbocycles. The summed E-state index contributed by atoms with van der Waals surface area (Å²) >= 11 is 0. The van der Waals surface area contributed by atoms with Crippen LogP contribution < -0.4 is 10.6 Å². The molecule has 1 aliphatic heterocycles. The summed E-state index contributed by atoms with van der Waals surface area (Å²) in [5, 5.41) is 14.8. The normalized spacial score (nSPS) is 33.1. The summed E-state index contributed by atoms with van der Waals surface area (Å²) in [7, 11) is -3.63. The van der Waals surface area contributed by atoms with E-state index in [2.05, 4.69) is 10.6 Å². The molecule has 2 rings (SSSR count). The highest BCUT2D eigenvalue weighted by atomic mass is 32.2. The van der Waals surface area contributed by atoms with Gasteiger partial charge in [0.1, 0.15) is 11.0 Å². The summed E-state index contributed by atoms with van der Waals surface area (Å²) in [6.07, 6.45) is 2.23. The second-order valence-corrected chi connectivity index (χ2v) is 7.63. The average molecular weight is 276 g/mol. The second kappa shape index (κ2) is 4.79. The van der Waals surface area contributed by atoms with Gasteiger partial charge in [0, 0.05) is 12.6 Å². The summed E-state index contributed by atoms with van der Waals surface area (Å²) in [6.45, 7) is 2.31. The Labute approximate surface area is 107 Å². The lowest BCUT2D eigenvalue weighted by atomic mass is 9.94. The first-order chi connectivity index (χ1) is 8.31. The lowest BCUT2D eigenvalue weighted by molar-refractivity contribution is -0.118. The number of piperidine rings is 1. The predicted octanol–water partition coefficient (Wildman–Crippen LogP) is -1.21. The molecule has 2 atom stereocenters. The van der Waals surface area contributed by atoms with Crippen LogP contribution in [0, 0.1) is 0 Å². The van der Waals surface area contributed by atoms with Gasteiger partial charge in [-0.25, -0.2) is 8.42 Å². The fraction of sp³-hybridized carbons (Fsp3) is 0.909. The number of aliphatic hydroxyl groups is 1. The molecule has 6 nitrogen and oxygen atoms in total. The van der Waals surface area contributed by atoms with E-state index in [0.717, 1.165) is 12.8 Å². The van der Waals surface area contributed by atoms with Gasteiger partial charge in [-0.05, 0) is 32.7 Å². The Balaban J connectivity index is 2.02. The lowest BCUT2D eigenvalue weighted by Gasteiger charge is -2.36. The molecule has 0 aromatic carbocycles. The first kappa shape index (κ1) is 13.8. The monoisotopic (exact) mass is 276 g/mol. The van der Waals surface area contributed by atoms with Gasteiger partial charge in [0.25, 0.3) is 0 Å². The zero-order valence-electron chi connectivity index (χ0n) is 10.5. The Morgan fingerprint density at radius 2 is 2.17 bits per heavy atom. The van der Waals surface area contributed by atoms with Crippen LogP contribution >= 0.6 is 0 Å². The van der Waals surface area contributed by atoms with Crippen molar-refractivity contribution in [3.05, 3.63) is 0 Å². The molecule has 0 aromatic heterocycles. The third kappa shape index (κ3) is 3.21. The first-order valence-corrected chi connectivity index (χ1v) is 7.97. The van der Waals surface area contributed by atoms with Crippen molar-refractivity contribution in [1.82, 2.24) is 10.6 Å². The van der Waals surface area contributed by atoms with Crippen molar-refractivity contribution in [2.75, 3.05) is 18.8 Å². The maximum Gasteiger partial charge on any atom is 0.235 e. The molecule has 2 aliphatic rings. The zero-order chi connectivity index (χ0) is 13.4. The van der Waals surface area contributed by atoms with E-state index in [9.17, 15) is 18.3 Å². The van der Waals surface area contributed by atoms with E-state index in [1.165, 1.54) is 6.92 Å². The second-order valence-electron chi connectivity index (χ2n) is 5.45. The highest BCUT2D eigenvalue weighted by Gasteiger charge is 2.44. The van der Waals surface area contributed by atoms with E-state index in [4.69, 9.17) is 0 Å². The number of rotatable bonds is 4. The Bertz CT molecular complexity index is 428. The molecule has 0 bridgehead atoms. The van der Waals surface area contributed by atoms with Crippen LogP contribution in [0.1, 0.15) is 26.2 Å². The summed E-state index contributed by atoms with van der Waals surface area (Å²) in [4.78, 5) is 11.6. The molecule has 0 aromatic rings. The van der Waals surface area contributed by atoms with Gasteiger partial charge < -0.3 is 15.7 Å². The van der Waals surface area contributed by atoms with E-state index in [1.807, 2.05) is 0 Å². The molecular weight excluding hydrogens is 256 g/mol. The molecule has 1 saturated heterocycles. The number of nitrogens with one attached hydrogen (secondary N) is 2. The lowest BCUT2D eigenvalue weighted by Crippen LogP contribution is -2.57. The minimum Gasteiger partial charge on any atom is -0.389 e. The van der Waals surface area contributed by atoms with Gasteiger partial charge in [0.05, 0.1) is 5.60 Å². The molecule has 2 unspecified atom stereocenters. The molecule has 7 heteroatoms. The third-order valence-corrected chi connectivity index (χ3v) is 5.75. The summed E-state index contributed by atoms with van der Waals surface area (Å²) in [5.74, 6) is -0.995. The molecule has 18 heavy (non-hydrogen) atoms. The Morgan fingerprint density at radius 1 is 1.50 bits per heavy atom. The first-order valence-electron chi connectivity index (χ1n) is 6.25. The van der Waals surface area contributed by atoms with E-state index >= 15 is 0 Å². The van der Waals surface area contributed by atoms with Gasteiger partial charge in [-0.3, -0.25) is 4.79 Å². The Morgan fingerprint density at radius 3 is 2.72 bits per heavy atom. The number of sulfone groups is 1.